The van der Waals surface area contributed by atoms with E-state index in [1.807, 2.05) is 24.3 Å². The molecule has 112 valence electrons. The van der Waals surface area contributed by atoms with Gasteiger partial charge in [0.25, 0.3) is 0 Å². The molecule has 0 aliphatic rings. The van der Waals surface area contributed by atoms with Crippen LogP contribution < -0.4 is 10.1 Å². The minimum Gasteiger partial charge on any atom is -0.457 e. The van der Waals surface area contributed by atoms with E-state index in [0.29, 0.717) is 6.04 Å². The molecule has 0 aliphatic carbocycles. The van der Waals surface area contributed by atoms with Crippen molar-refractivity contribution in [2.24, 2.45) is 0 Å². The Kier molecular flexibility index (Phi) is 5.83. The zero-order chi connectivity index (χ0) is 15.2. The number of hydrogen-bond donors (Lipinski definition) is 1. The quantitative estimate of drug-likeness (QED) is 0.765. The first-order valence-electron chi connectivity index (χ1n) is 7.37. The average Bonchev–Trinajstić information content (AvgIpc) is 2.48. The average molecular weight is 348 g/mol. The van der Waals surface area contributed by atoms with Crippen molar-refractivity contribution in [1.82, 2.24) is 5.32 Å². The van der Waals surface area contributed by atoms with Gasteiger partial charge < -0.3 is 10.1 Å². The fourth-order valence-corrected chi connectivity index (χ4v) is 2.52. The van der Waals surface area contributed by atoms with Crippen molar-refractivity contribution in [3.8, 4) is 11.5 Å². The topological polar surface area (TPSA) is 21.3 Å². The zero-order valence-corrected chi connectivity index (χ0v) is 14.4. The third-order valence-corrected chi connectivity index (χ3v) is 3.79. The first-order chi connectivity index (χ1) is 10.1. The van der Waals surface area contributed by atoms with Gasteiger partial charge >= 0.3 is 0 Å². The van der Waals surface area contributed by atoms with Crippen LogP contribution in [0.5, 0.6) is 11.5 Å². The van der Waals surface area contributed by atoms with Gasteiger partial charge in [-0.25, -0.2) is 0 Å². The third kappa shape index (κ3) is 4.58. The highest BCUT2D eigenvalue weighted by molar-refractivity contribution is 9.10. The van der Waals surface area contributed by atoms with Gasteiger partial charge in [-0.15, -0.1) is 0 Å². The van der Waals surface area contributed by atoms with Gasteiger partial charge in [-0.2, -0.15) is 0 Å². The number of ether oxygens (including phenoxy) is 1. The van der Waals surface area contributed by atoms with E-state index in [0.717, 1.165) is 34.5 Å². The Morgan fingerprint density at radius 3 is 2.48 bits per heavy atom. The van der Waals surface area contributed by atoms with E-state index in [2.05, 4.69) is 60.2 Å². The predicted octanol–water partition coefficient (Wildman–Crippen LogP) is 5.30. The van der Waals surface area contributed by atoms with Crippen LogP contribution in [0.4, 0.5) is 0 Å². The summed E-state index contributed by atoms with van der Waals surface area (Å²) in [4.78, 5) is 0. The van der Waals surface area contributed by atoms with Gasteiger partial charge in [-0.1, -0.05) is 54.9 Å². The largest absolute Gasteiger partial charge is 0.457 e. The molecular formula is C18H22BrNO. The van der Waals surface area contributed by atoms with Crippen LogP contribution in [0, 0.1) is 0 Å². The molecule has 0 fully saturated rings. The van der Waals surface area contributed by atoms with Gasteiger partial charge in [0.1, 0.15) is 11.5 Å². The summed E-state index contributed by atoms with van der Waals surface area (Å²) in [5, 5.41) is 3.44. The van der Waals surface area contributed by atoms with Crippen LogP contribution in [0.2, 0.25) is 0 Å². The second kappa shape index (κ2) is 7.62. The van der Waals surface area contributed by atoms with Crippen LogP contribution in [0.25, 0.3) is 0 Å². The van der Waals surface area contributed by atoms with E-state index < -0.39 is 0 Å². The zero-order valence-electron chi connectivity index (χ0n) is 12.8. The van der Waals surface area contributed by atoms with Crippen molar-refractivity contribution in [2.75, 3.05) is 0 Å². The van der Waals surface area contributed by atoms with Crippen LogP contribution in [0.3, 0.4) is 0 Å². The van der Waals surface area contributed by atoms with E-state index in [1.165, 1.54) is 5.56 Å². The molecule has 0 atom stereocenters. The summed E-state index contributed by atoms with van der Waals surface area (Å²) in [6.07, 6.45) is 0.965. The Hall–Kier alpha value is -1.32. The lowest BCUT2D eigenvalue weighted by molar-refractivity contribution is 0.464. The molecule has 0 saturated carbocycles. The first-order valence-corrected chi connectivity index (χ1v) is 8.17. The SMILES string of the molecule is CCc1ccccc1Oc1ccc(Br)cc1CNC(C)C. The molecule has 1 N–H and O–H groups in total. The summed E-state index contributed by atoms with van der Waals surface area (Å²) in [6, 6.07) is 14.8. The van der Waals surface area contributed by atoms with Crippen molar-refractivity contribution in [3.05, 3.63) is 58.1 Å². The van der Waals surface area contributed by atoms with Crippen molar-refractivity contribution in [3.63, 3.8) is 0 Å². The van der Waals surface area contributed by atoms with Crippen LogP contribution >= 0.6 is 15.9 Å². The summed E-state index contributed by atoms with van der Waals surface area (Å²) >= 11 is 3.53. The van der Waals surface area contributed by atoms with Crippen molar-refractivity contribution in [2.45, 2.75) is 39.8 Å². The van der Waals surface area contributed by atoms with Gasteiger partial charge in [-0.3, -0.25) is 0 Å². The highest BCUT2D eigenvalue weighted by atomic mass is 79.9. The fraction of sp³-hybridized carbons (Fsp3) is 0.333. The number of rotatable bonds is 6. The number of para-hydroxylation sites is 1. The molecule has 3 heteroatoms. The van der Waals surface area contributed by atoms with Crippen LogP contribution in [0.1, 0.15) is 31.9 Å². The van der Waals surface area contributed by atoms with Gasteiger partial charge in [0, 0.05) is 22.6 Å². The van der Waals surface area contributed by atoms with Gasteiger partial charge in [0.2, 0.25) is 0 Å². The van der Waals surface area contributed by atoms with Gasteiger partial charge in [-0.05, 0) is 36.2 Å². The highest BCUT2D eigenvalue weighted by Gasteiger charge is 2.09. The summed E-state index contributed by atoms with van der Waals surface area (Å²) in [7, 11) is 0. The maximum absolute atomic E-state index is 6.16. The molecule has 0 aliphatic heterocycles. The molecule has 2 aromatic carbocycles. The smallest absolute Gasteiger partial charge is 0.132 e. The lowest BCUT2D eigenvalue weighted by Gasteiger charge is -2.15. The van der Waals surface area contributed by atoms with Gasteiger partial charge in [0.15, 0.2) is 0 Å². The number of hydrogen-bond acceptors (Lipinski definition) is 2. The molecule has 0 radical (unpaired) electrons. The number of benzene rings is 2. The number of nitrogens with one attached hydrogen (secondary N) is 1. The second-order valence-corrected chi connectivity index (χ2v) is 6.27. The number of halogens is 1. The Morgan fingerprint density at radius 1 is 1.05 bits per heavy atom. The van der Waals surface area contributed by atoms with Crippen molar-refractivity contribution < 1.29 is 4.74 Å². The van der Waals surface area contributed by atoms with Crippen LogP contribution in [-0.2, 0) is 13.0 Å². The maximum Gasteiger partial charge on any atom is 0.132 e. The Morgan fingerprint density at radius 2 is 1.76 bits per heavy atom. The van der Waals surface area contributed by atoms with E-state index in [9.17, 15) is 0 Å². The highest BCUT2D eigenvalue weighted by Crippen LogP contribution is 2.30. The summed E-state index contributed by atoms with van der Waals surface area (Å²) in [5.41, 5.74) is 2.38. The molecule has 0 spiro atoms. The Bertz CT molecular complexity index is 596. The minimum atomic E-state index is 0.444. The standard InChI is InChI=1S/C18H22BrNO/c1-4-14-7-5-6-8-17(14)21-18-10-9-16(19)11-15(18)12-20-13(2)3/h5-11,13,20H,4,12H2,1-3H3. The van der Waals surface area contributed by atoms with Crippen LogP contribution in [0.15, 0.2) is 46.9 Å². The van der Waals surface area contributed by atoms with Crippen molar-refractivity contribution in [1.29, 1.82) is 0 Å². The molecule has 2 rings (SSSR count). The number of aryl methyl sites for hydroxylation is 1. The normalized spacial score (nSPS) is 10.9. The fourth-order valence-electron chi connectivity index (χ4n) is 2.11. The second-order valence-electron chi connectivity index (χ2n) is 5.35. The molecule has 2 aromatic rings. The minimum absolute atomic E-state index is 0.444. The summed E-state index contributed by atoms with van der Waals surface area (Å²) in [6.45, 7) is 7.22. The van der Waals surface area contributed by atoms with E-state index in [1.54, 1.807) is 0 Å². The summed E-state index contributed by atoms with van der Waals surface area (Å²) in [5.74, 6) is 1.85. The molecular weight excluding hydrogens is 326 g/mol. The van der Waals surface area contributed by atoms with Crippen LogP contribution in [-0.4, -0.2) is 6.04 Å². The molecule has 0 saturated heterocycles. The molecule has 2 nitrogen and oxygen atoms in total. The lowest BCUT2D eigenvalue weighted by Crippen LogP contribution is -2.22. The predicted molar refractivity (Wildman–Crippen MR) is 92.0 cm³/mol. The molecule has 0 bridgehead atoms. The van der Waals surface area contributed by atoms with Gasteiger partial charge in [0.05, 0.1) is 0 Å². The van der Waals surface area contributed by atoms with E-state index in [4.69, 9.17) is 4.74 Å². The lowest BCUT2D eigenvalue weighted by atomic mass is 10.1. The monoisotopic (exact) mass is 347 g/mol. The summed E-state index contributed by atoms with van der Waals surface area (Å²) < 4.78 is 7.23. The maximum atomic E-state index is 6.16. The molecule has 0 amide bonds. The molecule has 0 unspecified atom stereocenters. The Labute approximate surface area is 135 Å². The Balaban J connectivity index is 2.26. The third-order valence-electron chi connectivity index (χ3n) is 3.30. The van der Waals surface area contributed by atoms with E-state index >= 15 is 0 Å². The molecule has 0 aromatic heterocycles. The van der Waals surface area contributed by atoms with E-state index in [-0.39, 0.29) is 0 Å². The first kappa shape index (κ1) is 16.1. The molecule has 21 heavy (non-hydrogen) atoms. The van der Waals surface area contributed by atoms with Crippen molar-refractivity contribution >= 4 is 15.9 Å². The molecule has 0 heterocycles.